The summed E-state index contributed by atoms with van der Waals surface area (Å²) in [7, 11) is 2.21. The number of carbonyl (C=O) groups excluding carboxylic acids is 4. The van der Waals surface area contributed by atoms with Gasteiger partial charge in [-0.2, -0.15) is 0 Å². The highest BCUT2D eigenvalue weighted by Gasteiger charge is 2.75. The van der Waals surface area contributed by atoms with Crippen molar-refractivity contribution in [3.63, 3.8) is 0 Å². The molecule has 1 aromatic rings. The number of ether oxygens (including phenoxy) is 3. The highest BCUT2D eigenvalue weighted by atomic mass is 35.5. The largest absolute Gasteiger partial charge is 0.477 e. The maximum Gasteiger partial charge on any atom is 0.348 e. The summed E-state index contributed by atoms with van der Waals surface area (Å²) < 4.78 is 15.8. The van der Waals surface area contributed by atoms with Crippen molar-refractivity contribution in [1.29, 1.82) is 0 Å². The van der Waals surface area contributed by atoms with E-state index in [-0.39, 0.29) is 5.76 Å². The monoisotopic (exact) mass is 477 g/mol. The Morgan fingerprint density at radius 2 is 1.61 bits per heavy atom. The Balaban J connectivity index is 2.31. The first-order chi connectivity index (χ1) is 15.2. The molecule has 33 heavy (non-hydrogen) atoms. The number of imide groups is 1. The number of methoxy groups -OCH3 is 2. The minimum atomic E-state index is -2.25. The molecule has 1 fully saturated rings. The molecule has 9 heteroatoms. The molecule has 2 aliphatic heterocycles. The van der Waals surface area contributed by atoms with Crippen molar-refractivity contribution in [2.75, 3.05) is 14.2 Å². The molecule has 0 aromatic heterocycles. The molecule has 2 amide bonds. The molecule has 0 spiro atoms. The number of carbonyl (C=O) groups is 4. The van der Waals surface area contributed by atoms with Crippen LogP contribution < -0.4 is 0 Å². The summed E-state index contributed by atoms with van der Waals surface area (Å²) in [6, 6.07) is 6.53. The lowest BCUT2D eigenvalue weighted by molar-refractivity contribution is -0.182. The first-order valence-corrected chi connectivity index (χ1v) is 10.8. The van der Waals surface area contributed by atoms with Crippen molar-refractivity contribution in [2.45, 2.75) is 46.3 Å². The second kappa shape index (κ2) is 8.17. The van der Waals surface area contributed by atoms with Crippen LogP contribution >= 0.6 is 11.6 Å². The van der Waals surface area contributed by atoms with Crippen molar-refractivity contribution in [1.82, 2.24) is 4.90 Å². The highest BCUT2D eigenvalue weighted by Crippen LogP contribution is 2.53. The Hall–Kier alpha value is -2.87. The second-order valence-electron chi connectivity index (χ2n) is 9.68. The third kappa shape index (κ3) is 3.51. The van der Waals surface area contributed by atoms with Crippen LogP contribution in [0, 0.1) is 16.7 Å². The second-order valence-corrected chi connectivity index (χ2v) is 10.1. The van der Waals surface area contributed by atoms with Crippen LogP contribution in [-0.4, -0.2) is 54.5 Å². The Labute approximate surface area is 197 Å². The first kappa shape index (κ1) is 24.8. The zero-order valence-electron chi connectivity index (χ0n) is 19.7. The Morgan fingerprint density at radius 3 is 2.09 bits per heavy atom. The van der Waals surface area contributed by atoms with E-state index in [1.807, 2.05) is 20.8 Å². The van der Waals surface area contributed by atoms with Crippen molar-refractivity contribution < 1.29 is 33.4 Å². The van der Waals surface area contributed by atoms with Gasteiger partial charge in [0.2, 0.25) is 17.4 Å². The molecule has 0 N–H and O–H groups in total. The molecule has 0 saturated carbocycles. The summed E-state index contributed by atoms with van der Waals surface area (Å²) in [4.78, 5) is 54.9. The van der Waals surface area contributed by atoms with E-state index in [9.17, 15) is 19.2 Å². The van der Waals surface area contributed by atoms with Crippen LogP contribution in [0.25, 0.3) is 5.76 Å². The van der Waals surface area contributed by atoms with E-state index < -0.39 is 52.1 Å². The minimum Gasteiger partial charge on any atom is -0.477 e. The molecule has 8 nitrogen and oxygen atoms in total. The predicted molar refractivity (Wildman–Crippen MR) is 120 cm³/mol. The van der Waals surface area contributed by atoms with Crippen molar-refractivity contribution >= 4 is 41.1 Å². The number of hydrogen-bond acceptors (Lipinski definition) is 7. The standard InChI is InChI=1S/C24H28ClNO7/c1-22(2,3)23(4,5)26-18(27)15-12-16(13-8-10-14(25)11-9-13)33-17(19(28)31-6)24(15,20(26)29)21(30)32-7/h8-12,15,17H,1-7H3/t15-,17+,24-/m0/s1. The maximum absolute atomic E-state index is 14.0. The smallest absolute Gasteiger partial charge is 0.348 e. The molecule has 0 radical (unpaired) electrons. The van der Waals surface area contributed by atoms with E-state index in [0.29, 0.717) is 10.6 Å². The van der Waals surface area contributed by atoms with Crippen LogP contribution in [0.15, 0.2) is 30.3 Å². The number of rotatable bonds is 4. The fraction of sp³-hybridized carbons (Fsp3) is 0.500. The van der Waals surface area contributed by atoms with Gasteiger partial charge in [-0.1, -0.05) is 32.4 Å². The quantitative estimate of drug-likeness (QED) is 0.373. The van der Waals surface area contributed by atoms with Gasteiger partial charge < -0.3 is 14.2 Å². The lowest BCUT2D eigenvalue weighted by Gasteiger charge is -2.45. The van der Waals surface area contributed by atoms with Crippen LogP contribution in [0.2, 0.25) is 5.02 Å². The van der Waals surface area contributed by atoms with E-state index in [2.05, 4.69) is 0 Å². The number of likely N-dealkylation sites (tertiary alicyclic amines) is 1. The number of esters is 2. The van der Waals surface area contributed by atoms with Gasteiger partial charge in [0.15, 0.2) is 0 Å². The molecule has 0 aliphatic carbocycles. The van der Waals surface area contributed by atoms with Crippen LogP contribution in [0.4, 0.5) is 0 Å². The molecule has 3 rings (SSSR count). The summed E-state index contributed by atoms with van der Waals surface area (Å²) >= 11 is 5.98. The van der Waals surface area contributed by atoms with Gasteiger partial charge in [0.05, 0.1) is 20.1 Å². The topological polar surface area (TPSA) is 99.2 Å². The summed E-state index contributed by atoms with van der Waals surface area (Å²) in [5, 5.41) is 0.480. The number of amides is 2. The lowest BCUT2D eigenvalue weighted by atomic mass is 9.70. The Bertz CT molecular complexity index is 1040. The van der Waals surface area contributed by atoms with E-state index >= 15 is 0 Å². The summed E-state index contributed by atoms with van der Waals surface area (Å²) in [5.74, 6) is -4.66. The van der Waals surface area contributed by atoms with Gasteiger partial charge in [-0.3, -0.25) is 19.3 Å². The molecule has 1 aromatic carbocycles. The van der Waals surface area contributed by atoms with Crippen LogP contribution in [0.1, 0.15) is 40.2 Å². The molecule has 178 valence electrons. The number of fused-ring (bicyclic) bond motifs is 1. The van der Waals surface area contributed by atoms with Crippen molar-refractivity contribution in [2.24, 2.45) is 16.7 Å². The zero-order valence-corrected chi connectivity index (χ0v) is 20.5. The normalized spacial score (nSPS) is 25.2. The van der Waals surface area contributed by atoms with Gasteiger partial charge in [0, 0.05) is 16.1 Å². The van der Waals surface area contributed by atoms with E-state index in [4.69, 9.17) is 25.8 Å². The minimum absolute atomic E-state index is 0.156. The van der Waals surface area contributed by atoms with Gasteiger partial charge in [-0.05, 0) is 49.6 Å². The Morgan fingerprint density at radius 1 is 1.03 bits per heavy atom. The van der Waals surface area contributed by atoms with Crippen molar-refractivity contribution in [3.8, 4) is 0 Å². The van der Waals surface area contributed by atoms with Crippen LogP contribution in [0.3, 0.4) is 0 Å². The number of nitrogens with zero attached hydrogens (tertiary/aromatic N) is 1. The third-order valence-electron chi connectivity index (χ3n) is 6.97. The SMILES string of the molecule is COC(=O)[C@H]1OC(c2ccc(Cl)cc2)=C[C@H]2C(=O)N(C(C)(C)C(C)(C)C)C(=O)[C@@]12C(=O)OC. The molecule has 1 saturated heterocycles. The third-order valence-corrected chi connectivity index (χ3v) is 7.22. The molecule has 3 atom stereocenters. The number of benzene rings is 1. The average molecular weight is 478 g/mol. The fourth-order valence-corrected chi connectivity index (χ4v) is 4.24. The van der Waals surface area contributed by atoms with E-state index in [1.54, 1.807) is 38.1 Å². The zero-order chi connectivity index (χ0) is 24.9. The number of halogens is 1. The maximum atomic E-state index is 14.0. The van der Waals surface area contributed by atoms with E-state index in [0.717, 1.165) is 19.1 Å². The highest BCUT2D eigenvalue weighted by molar-refractivity contribution is 6.30. The van der Waals surface area contributed by atoms with Gasteiger partial charge in [0.25, 0.3) is 5.91 Å². The predicted octanol–water partition coefficient (Wildman–Crippen LogP) is 3.22. The molecular weight excluding hydrogens is 450 g/mol. The average Bonchev–Trinajstić information content (AvgIpc) is 2.99. The van der Waals surface area contributed by atoms with Gasteiger partial charge in [-0.15, -0.1) is 0 Å². The lowest BCUT2D eigenvalue weighted by Crippen LogP contribution is -2.61. The summed E-state index contributed by atoms with van der Waals surface area (Å²) in [5.41, 5.74) is -3.29. The summed E-state index contributed by atoms with van der Waals surface area (Å²) in [6.07, 6.45) is -0.327. The van der Waals surface area contributed by atoms with Crippen LogP contribution in [0.5, 0.6) is 0 Å². The van der Waals surface area contributed by atoms with Gasteiger partial charge >= 0.3 is 11.9 Å². The first-order valence-electron chi connectivity index (χ1n) is 10.4. The van der Waals surface area contributed by atoms with Crippen molar-refractivity contribution in [3.05, 3.63) is 40.9 Å². The molecule has 0 bridgehead atoms. The Kier molecular flexibility index (Phi) is 6.13. The van der Waals surface area contributed by atoms with Crippen LogP contribution in [-0.2, 0) is 33.4 Å². The molecule has 0 unspecified atom stereocenters. The fourth-order valence-electron chi connectivity index (χ4n) is 4.11. The number of hydrogen-bond donors (Lipinski definition) is 0. The molecular formula is C24H28ClNO7. The van der Waals surface area contributed by atoms with Gasteiger partial charge in [-0.25, -0.2) is 4.79 Å². The van der Waals surface area contributed by atoms with Gasteiger partial charge in [0.1, 0.15) is 5.76 Å². The molecule has 2 aliphatic rings. The molecule has 2 heterocycles. The summed E-state index contributed by atoms with van der Waals surface area (Å²) in [6.45, 7) is 9.11. The van der Waals surface area contributed by atoms with E-state index in [1.165, 1.54) is 6.08 Å².